The standard InChI is InChI=1S/C39H52O6/c1-36-24-30(26-7-9-27(10-8-26)35(40)28-11-12-28)34-29(13-19-38(41)25-37(16-4-23-45-37)18-14-32(34)38)31(36)15-20-39(36,42)17-5-22-44-33-6-2-3-21-43-33/h5,7-10,17,28-31,33,41-42H,2-4,6,11-16,18-25H2,1H3/b17-5-/t29?,30-,31?,33?,36+,37?,38-,39+/m1/s1. The van der Waals surface area contributed by atoms with E-state index in [1.807, 2.05) is 24.3 Å². The Hall–Kier alpha value is -1.83. The van der Waals surface area contributed by atoms with E-state index in [-0.39, 0.29) is 34.9 Å². The highest BCUT2D eigenvalue weighted by Gasteiger charge is 2.64. The van der Waals surface area contributed by atoms with Gasteiger partial charge in [0.15, 0.2) is 12.1 Å². The Labute approximate surface area is 268 Å². The summed E-state index contributed by atoms with van der Waals surface area (Å²) in [5.41, 5.74) is 2.54. The average molecular weight is 617 g/mol. The molecule has 7 aliphatic rings. The molecular formula is C39H52O6. The summed E-state index contributed by atoms with van der Waals surface area (Å²) >= 11 is 0. The molecule has 2 aliphatic heterocycles. The average Bonchev–Trinajstić information content (AvgIpc) is 3.75. The number of Topliss-reactive ketones (excluding diaryl/α,β-unsaturated/α-hetero) is 1. The van der Waals surface area contributed by atoms with Gasteiger partial charge in [-0.05, 0) is 113 Å². The second-order valence-corrected chi connectivity index (χ2v) is 16.0. The molecule has 1 aromatic rings. The minimum atomic E-state index is -0.924. The van der Waals surface area contributed by atoms with Crippen molar-refractivity contribution in [2.75, 3.05) is 19.8 Å². The molecule has 45 heavy (non-hydrogen) atoms. The van der Waals surface area contributed by atoms with Gasteiger partial charge in [-0.25, -0.2) is 0 Å². The second-order valence-electron chi connectivity index (χ2n) is 16.0. The molecular weight excluding hydrogens is 564 g/mol. The van der Waals surface area contributed by atoms with Crippen LogP contribution in [0.25, 0.3) is 0 Å². The zero-order valence-electron chi connectivity index (χ0n) is 27.1. The minimum absolute atomic E-state index is 0.103. The van der Waals surface area contributed by atoms with Crippen LogP contribution >= 0.6 is 0 Å². The van der Waals surface area contributed by atoms with Crippen LogP contribution in [-0.2, 0) is 14.2 Å². The van der Waals surface area contributed by atoms with Crippen LogP contribution in [0.3, 0.4) is 0 Å². The van der Waals surface area contributed by atoms with Crippen LogP contribution in [0, 0.1) is 23.2 Å². The van der Waals surface area contributed by atoms with Crippen LogP contribution in [0.5, 0.6) is 0 Å². The number of carbonyl (C=O) groups excluding carboxylic acids is 1. The summed E-state index contributed by atoms with van der Waals surface area (Å²) in [4.78, 5) is 12.9. The maximum atomic E-state index is 12.9. The Morgan fingerprint density at radius 1 is 0.978 bits per heavy atom. The van der Waals surface area contributed by atoms with E-state index >= 15 is 0 Å². The molecule has 6 heteroatoms. The summed E-state index contributed by atoms with van der Waals surface area (Å²) in [5, 5.41) is 24.8. The van der Waals surface area contributed by atoms with E-state index in [1.54, 1.807) is 0 Å². The maximum absolute atomic E-state index is 12.9. The largest absolute Gasteiger partial charge is 0.385 e. The quantitative estimate of drug-likeness (QED) is 0.249. The number of hydrogen-bond donors (Lipinski definition) is 2. The third kappa shape index (κ3) is 5.22. The lowest BCUT2D eigenvalue weighted by Gasteiger charge is -2.57. The molecule has 1 spiro atoms. The molecule has 0 amide bonds. The number of benzene rings is 1. The Morgan fingerprint density at radius 2 is 1.82 bits per heavy atom. The van der Waals surface area contributed by atoms with Gasteiger partial charge in [-0.1, -0.05) is 48.9 Å². The van der Waals surface area contributed by atoms with Crippen LogP contribution in [0.15, 0.2) is 47.6 Å². The highest BCUT2D eigenvalue weighted by Crippen LogP contribution is 2.68. The number of ether oxygens (including phenoxy) is 3. The van der Waals surface area contributed by atoms with Crippen molar-refractivity contribution in [3.63, 3.8) is 0 Å². The minimum Gasteiger partial charge on any atom is -0.385 e. The van der Waals surface area contributed by atoms with E-state index in [2.05, 4.69) is 19.1 Å². The molecule has 8 atom stereocenters. The maximum Gasteiger partial charge on any atom is 0.165 e. The molecule has 0 aromatic heterocycles. The van der Waals surface area contributed by atoms with Gasteiger partial charge in [-0.2, -0.15) is 0 Å². The van der Waals surface area contributed by atoms with Crippen LogP contribution in [-0.4, -0.2) is 58.9 Å². The van der Waals surface area contributed by atoms with E-state index in [0.717, 1.165) is 109 Å². The lowest BCUT2D eigenvalue weighted by molar-refractivity contribution is -0.155. The van der Waals surface area contributed by atoms with Gasteiger partial charge in [-0.15, -0.1) is 0 Å². The van der Waals surface area contributed by atoms with E-state index in [1.165, 1.54) is 16.7 Å². The summed E-state index contributed by atoms with van der Waals surface area (Å²) in [6.45, 7) is 4.34. The highest BCUT2D eigenvalue weighted by atomic mass is 16.7. The SMILES string of the molecule is C[C@]12C[C@H](c3ccc(C(=O)C4CC4)cc3)C3=C4CCC5(CCCO5)C[C@]4(O)CCC3C1CC[C@@]2(O)/C=C\COC1CCCCO1. The molecule has 6 fully saturated rings. The molecule has 4 unspecified atom stereocenters. The monoisotopic (exact) mass is 616 g/mol. The molecule has 4 saturated carbocycles. The van der Waals surface area contributed by atoms with E-state index in [4.69, 9.17) is 14.2 Å². The fourth-order valence-corrected chi connectivity index (χ4v) is 10.8. The molecule has 8 rings (SSSR count). The molecule has 2 heterocycles. The van der Waals surface area contributed by atoms with Gasteiger partial charge in [0, 0.05) is 42.4 Å². The lowest BCUT2D eigenvalue weighted by atomic mass is 9.49. The van der Waals surface area contributed by atoms with Crippen molar-refractivity contribution in [2.24, 2.45) is 23.2 Å². The number of hydrogen-bond acceptors (Lipinski definition) is 6. The summed E-state index contributed by atoms with van der Waals surface area (Å²) < 4.78 is 18.1. The first-order valence-electron chi connectivity index (χ1n) is 18.1. The van der Waals surface area contributed by atoms with Crippen LogP contribution in [0.4, 0.5) is 0 Å². The summed E-state index contributed by atoms with van der Waals surface area (Å²) in [7, 11) is 0. The summed E-state index contributed by atoms with van der Waals surface area (Å²) in [6, 6.07) is 8.42. The van der Waals surface area contributed by atoms with Gasteiger partial charge in [0.1, 0.15) is 0 Å². The van der Waals surface area contributed by atoms with Gasteiger partial charge in [0.25, 0.3) is 0 Å². The van der Waals surface area contributed by atoms with Crippen molar-refractivity contribution in [3.05, 3.63) is 58.7 Å². The topological polar surface area (TPSA) is 85.2 Å². The fraction of sp³-hybridized carbons (Fsp3) is 0.718. The third-order valence-electron chi connectivity index (χ3n) is 13.4. The fourth-order valence-electron chi connectivity index (χ4n) is 10.8. The van der Waals surface area contributed by atoms with Gasteiger partial charge >= 0.3 is 0 Å². The summed E-state index contributed by atoms with van der Waals surface area (Å²) in [5.74, 6) is 1.27. The predicted molar refractivity (Wildman–Crippen MR) is 172 cm³/mol. The van der Waals surface area contributed by atoms with Gasteiger partial charge in [0.2, 0.25) is 0 Å². The van der Waals surface area contributed by atoms with Crippen LogP contribution in [0.1, 0.15) is 125 Å². The number of fused-ring (bicyclic) bond motifs is 4. The molecule has 0 radical (unpaired) electrons. The Balaban J connectivity index is 1.13. The van der Waals surface area contributed by atoms with E-state index in [9.17, 15) is 15.0 Å². The van der Waals surface area contributed by atoms with Crippen molar-refractivity contribution in [3.8, 4) is 0 Å². The van der Waals surface area contributed by atoms with Crippen molar-refractivity contribution >= 4 is 5.78 Å². The Kier molecular flexibility index (Phi) is 7.73. The van der Waals surface area contributed by atoms with Crippen molar-refractivity contribution < 1.29 is 29.2 Å². The predicted octanol–water partition coefficient (Wildman–Crippen LogP) is 7.18. The van der Waals surface area contributed by atoms with E-state index in [0.29, 0.717) is 24.9 Å². The molecule has 6 nitrogen and oxygen atoms in total. The van der Waals surface area contributed by atoms with Crippen molar-refractivity contribution in [1.29, 1.82) is 0 Å². The third-order valence-corrected chi connectivity index (χ3v) is 13.4. The molecule has 0 bridgehead atoms. The molecule has 2 saturated heterocycles. The first kappa shape index (κ1) is 30.5. The molecule has 2 N–H and O–H groups in total. The number of allylic oxidation sites excluding steroid dienone is 1. The van der Waals surface area contributed by atoms with E-state index < -0.39 is 11.2 Å². The number of ketones is 1. The van der Waals surface area contributed by atoms with Gasteiger partial charge in [0.05, 0.1) is 23.4 Å². The molecule has 5 aliphatic carbocycles. The molecule has 1 aromatic carbocycles. The zero-order valence-corrected chi connectivity index (χ0v) is 27.1. The Morgan fingerprint density at radius 3 is 2.56 bits per heavy atom. The van der Waals surface area contributed by atoms with Crippen LogP contribution < -0.4 is 0 Å². The normalized spacial score (nSPS) is 43.0. The molecule has 244 valence electrons. The zero-order chi connectivity index (χ0) is 30.9. The summed E-state index contributed by atoms with van der Waals surface area (Å²) in [6.07, 6.45) is 18.1. The number of aliphatic hydroxyl groups is 2. The first-order chi connectivity index (χ1) is 21.7. The smallest absolute Gasteiger partial charge is 0.165 e. The number of rotatable bonds is 7. The van der Waals surface area contributed by atoms with Crippen LogP contribution in [0.2, 0.25) is 0 Å². The van der Waals surface area contributed by atoms with Crippen molar-refractivity contribution in [2.45, 2.75) is 132 Å². The first-order valence-corrected chi connectivity index (χ1v) is 18.1. The highest BCUT2D eigenvalue weighted by molar-refractivity contribution is 5.99. The van der Waals surface area contributed by atoms with Crippen molar-refractivity contribution in [1.82, 2.24) is 0 Å². The Bertz CT molecular complexity index is 1350. The number of carbonyl (C=O) groups is 1. The second kappa shape index (κ2) is 11.4. The van der Waals surface area contributed by atoms with Gasteiger partial charge in [-0.3, -0.25) is 4.79 Å². The lowest BCUT2D eigenvalue weighted by Crippen LogP contribution is -2.55. The van der Waals surface area contributed by atoms with Gasteiger partial charge < -0.3 is 24.4 Å².